The van der Waals surface area contributed by atoms with Crippen molar-refractivity contribution in [3.63, 3.8) is 0 Å². The number of fused-ring (bicyclic) bond motifs is 1. The van der Waals surface area contributed by atoms with Gasteiger partial charge in [-0.05, 0) is 6.92 Å². The average molecular weight is 148 g/mol. The number of imidazole rings is 1. The fraction of sp³-hybridized carbons (Fsp3) is 0.143. The second-order valence-electron chi connectivity index (χ2n) is 2.46. The van der Waals surface area contributed by atoms with E-state index < -0.39 is 0 Å². The van der Waals surface area contributed by atoms with Crippen LogP contribution in [0.2, 0.25) is 0 Å². The molecule has 0 atom stereocenters. The van der Waals surface area contributed by atoms with Gasteiger partial charge in [-0.1, -0.05) is 0 Å². The van der Waals surface area contributed by atoms with Crippen molar-refractivity contribution in [2.75, 3.05) is 5.73 Å². The molecule has 56 valence electrons. The molecule has 0 aliphatic rings. The van der Waals surface area contributed by atoms with Crippen LogP contribution >= 0.6 is 0 Å². The van der Waals surface area contributed by atoms with Gasteiger partial charge in [0, 0.05) is 6.20 Å². The highest BCUT2D eigenvalue weighted by atomic mass is 15.1. The molecule has 4 nitrogen and oxygen atoms in total. The molecule has 11 heavy (non-hydrogen) atoms. The summed E-state index contributed by atoms with van der Waals surface area (Å²) in [6.07, 6.45) is 5.36. The van der Waals surface area contributed by atoms with Crippen molar-refractivity contribution in [2.45, 2.75) is 6.92 Å². The zero-order valence-electron chi connectivity index (χ0n) is 6.15. The summed E-state index contributed by atoms with van der Waals surface area (Å²) in [6.45, 7) is 1.93. The van der Waals surface area contributed by atoms with E-state index in [0.717, 1.165) is 11.3 Å². The van der Waals surface area contributed by atoms with E-state index in [1.165, 1.54) is 0 Å². The first-order chi connectivity index (χ1) is 5.25. The Morgan fingerprint density at radius 3 is 3.09 bits per heavy atom. The zero-order valence-corrected chi connectivity index (χ0v) is 6.15. The number of nitrogens with zero attached hydrogens (tertiary/aromatic N) is 3. The average Bonchev–Trinajstić information content (AvgIpc) is 2.27. The Labute approximate surface area is 63.7 Å². The summed E-state index contributed by atoms with van der Waals surface area (Å²) >= 11 is 0. The van der Waals surface area contributed by atoms with Crippen LogP contribution in [0.5, 0.6) is 0 Å². The van der Waals surface area contributed by atoms with Gasteiger partial charge >= 0.3 is 0 Å². The number of aryl methyl sites for hydroxylation is 1. The highest BCUT2D eigenvalue weighted by Crippen LogP contribution is 2.04. The van der Waals surface area contributed by atoms with Crippen molar-refractivity contribution in [1.29, 1.82) is 0 Å². The van der Waals surface area contributed by atoms with Gasteiger partial charge in [0.2, 0.25) is 0 Å². The van der Waals surface area contributed by atoms with Crippen LogP contribution < -0.4 is 5.73 Å². The second-order valence-corrected chi connectivity index (χ2v) is 2.46. The van der Waals surface area contributed by atoms with E-state index >= 15 is 0 Å². The molecular formula is C7H8N4. The molecule has 0 saturated carbocycles. The number of rotatable bonds is 0. The Hall–Kier alpha value is -1.58. The third-order valence-electron chi connectivity index (χ3n) is 1.49. The molecule has 2 heterocycles. The number of nitrogen functional groups attached to an aromatic ring is 1. The monoisotopic (exact) mass is 148 g/mol. The molecule has 0 radical (unpaired) electrons. The van der Waals surface area contributed by atoms with Gasteiger partial charge in [0.15, 0.2) is 5.65 Å². The number of hydrogen-bond acceptors (Lipinski definition) is 3. The molecule has 2 aromatic heterocycles. The predicted octanol–water partition coefficient (Wildman–Crippen LogP) is 0.620. The minimum absolute atomic E-state index is 0.525. The van der Waals surface area contributed by atoms with Gasteiger partial charge in [-0.25, -0.2) is 4.98 Å². The van der Waals surface area contributed by atoms with Gasteiger partial charge in [-0.15, -0.1) is 0 Å². The Morgan fingerprint density at radius 2 is 2.27 bits per heavy atom. The Bertz CT molecular complexity index is 390. The number of nitrogens with two attached hydrogens (primary N) is 1. The summed E-state index contributed by atoms with van der Waals surface area (Å²) in [6, 6.07) is 0. The molecule has 0 bridgehead atoms. The maximum atomic E-state index is 5.48. The summed E-state index contributed by atoms with van der Waals surface area (Å²) in [5.41, 5.74) is 7.22. The normalized spacial score (nSPS) is 10.6. The van der Waals surface area contributed by atoms with Crippen LogP contribution in [0.3, 0.4) is 0 Å². The SMILES string of the molecule is Cc1cn2cc(N)nc2cn1. The van der Waals surface area contributed by atoms with Crippen molar-refractivity contribution in [2.24, 2.45) is 0 Å². The van der Waals surface area contributed by atoms with Crippen LogP contribution in [0.25, 0.3) is 5.65 Å². The van der Waals surface area contributed by atoms with Crippen molar-refractivity contribution >= 4 is 11.5 Å². The molecule has 0 unspecified atom stereocenters. The van der Waals surface area contributed by atoms with Gasteiger partial charge in [0.1, 0.15) is 5.82 Å². The van der Waals surface area contributed by atoms with Crippen molar-refractivity contribution < 1.29 is 0 Å². The molecule has 0 aliphatic carbocycles. The lowest BCUT2D eigenvalue weighted by molar-refractivity contribution is 1.07. The molecule has 2 aromatic rings. The molecule has 4 heteroatoms. The first-order valence-electron chi connectivity index (χ1n) is 3.32. The van der Waals surface area contributed by atoms with Gasteiger partial charge < -0.3 is 10.1 Å². The molecular weight excluding hydrogens is 140 g/mol. The Morgan fingerprint density at radius 1 is 1.45 bits per heavy atom. The molecule has 0 amide bonds. The van der Waals surface area contributed by atoms with Crippen LogP contribution in [0, 0.1) is 6.92 Å². The molecule has 0 aliphatic heterocycles. The van der Waals surface area contributed by atoms with Crippen molar-refractivity contribution in [3.05, 3.63) is 24.3 Å². The van der Waals surface area contributed by atoms with E-state index in [4.69, 9.17) is 5.73 Å². The molecule has 0 spiro atoms. The quantitative estimate of drug-likeness (QED) is 0.595. The second kappa shape index (κ2) is 1.95. The summed E-state index contributed by atoms with van der Waals surface area (Å²) in [5.74, 6) is 0.525. The van der Waals surface area contributed by atoms with Crippen LogP contribution in [0.15, 0.2) is 18.6 Å². The predicted molar refractivity (Wildman–Crippen MR) is 42.1 cm³/mol. The smallest absolute Gasteiger partial charge is 0.157 e. The molecule has 0 saturated heterocycles. The van der Waals surface area contributed by atoms with E-state index in [1.54, 1.807) is 12.4 Å². The molecule has 0 aromatic carbocycles. The van der Waals surface area contributed by atoms with Crippen LogP contribution in [0.1, 0.15) is 5.69 Å². The maximum Gasteiger partial charge on any atom is 0.157 e. The Kier molecular flexibility index (Phi) is 1.09. The molecule has 2 N–H and O–H groups in total. The van der Waals surface area contributed by atoms with Crippen LogP contribution in [-0.2, 0) is 0 Å². The fourth-order valence-electron chi connectivity index (χ4n) is 1.02. The molecule has 2 rings (SSSR count). The number of anilines is 1. The number of hydrogen-bond donors (Lipinski definition) is 1. The van der Waals surface area contributed by atoms with E-state index in [1.807, 2.05) is 17.5 Å². The summed E-state index contributed by atoms with van der Waals surface area (Å²) in [5, 5.41) is 0. The highest BCUT2D eigenvalue weighted by molar-refractivity contribution is 5.44. The van der Waals surface area contributed by atoms with Gasteiger partial charge in [0.25, 0.3) is 0 Å². The maximum absolute atomic E-state index is 5.48. The van der Waals surface area contributed by atoms with E-state index in [2.05, 4.69) is 9.97 Å². The standard InChI is InChI=1S/C7H8N4/c1-5-3-11-4-6(8)10-7(11)2-9-5/h2-4H,8H2,1H3. The summed E-state index contributed by atoms with van der Waals surface area (Å²) < 4.78 is 1.86. The third-order valence-corrected chi connectivity index (χ3v) is 1.49. The van der Waals surface area contributed by atoms with Crippen LogP contribution in [-0.4, -0.2) is 14.4 Å². The number of aromatic nitrogens is 3. The highest BCUT2D eigenvalue weighted by Gasteiger charge is 1.96. The first-order valence-corrected chi connectivity index (χ1v) is 3.32. The topological polar surface area (TPSA) is 56.2 Å². The van der Waals surface area contributed by atoms with Crippen LogP contribution in [0.4, 0.5) is 5.82 Å². The minimum Gasteiger partial charge on any atom is -0.382 e. The van der Waals surface area contributed by atoms with Crippen molar-refractivity contribution in [1.82, 2.24) is 14.4 Å². The van der Waals surface area contributed by atoms with Gasteiger partial charge in [-0.2, -0.15) is 0 Å². The largest absolute Gasteiger partial charge is 0.382 e. The minimum atomic E-state index is 0.525. The van der Waals surface area contributed by atoms with E-state index in [-0.39, 0.29) is 0 Å². The summed E-state index contributed by atoms with van der Waals surface area (Å²) in [7, 11) is 0. The van der Waals surface area contributed by atoms with Gasteiger partial charge in [0.05, 0.1) is 18.1 Å². The van der Waals surface area contributed by atoms with E-state index in [9.17, 15) is 0 Å². The molecule has 0 fully saturated rings. The lowest BCUT2D eigenvalue weighted by Crippen LogP contribution is -1.87. The summed E-state index contributed by atoms with van der Waals surface area (Å²) in [4.78, 5) is 8.11. The van der Waals surface area contributed by atoms with Gasteiger partial charge in [-0.3, -0.25) is 4.98 Å². The van der Waals surface area contributed by atoms with Crippen molar-refractivity contribution in [3.8, 4) is 0 Å². The lowest BCUT2D eigenvalue weighted by Gasteiger charge is -1.91. The lowest BCUT2D eigenvalue weighted by atomic mass is 10.5. The Balaban J connectivity index is 2.82. The fourth-order valence-corrected chi connectivity index (χ4v) is 1.02. The third kappa shape index (κ3) is 0.920. The first kappa shape index (κ1) is 6.15. The van der Waals surface area contributed by atoms with E-state index in [0.29, 0.717) is 5.82 Å². The zero-order chi connectivity index (χ0) is 7.84.